The second-order valence-corrected chi connectivity index (χ2v) is 7.77. The average molecular weight is 349 g/mol. The van der Waals surface area contributed by atoms with Crippen molar-refractivity contribution in [3.05, 3.63) is 16.3 Å². The van der Waals surface area contributed by atoms with Crippen molar-refractivity contribution in [3.63, 3.8) is 0 Å². The van der Waals surface area contributed by atoms with Gasteiger partial charge in [0.15, 0.2) is 5.82 Å². The van der Waals surface area contributed by atoms with Crippen molar-refractivity contribution in [2.24, 2.45) is 0 Å². The minimum Gasteiger partial charge on any atom is -0.395 e. The molecule has 4 rings (SSSR count). The van der Waals surface area contributed by atoms with Gasteiger partial charge in [0.1, 0.15) is 30.3 Å². The van der Waals surface area contributed by atoms with Crippen molar-refractivity contribution in [1.82, 2.24) is 9.97 Å². The molecule has 1 fully saturated rings. The summed E-state index contributed by atoms with van der Waals surface area (Å²) in [5, 5.41) is 10.6. The smallest absolute Gasteiger partial charge is 0.187 e. The number of ether oxygens (including phenoxy) is 1. The number of likely N-dealkylation sites (N-methyl/N-ethyl adjacent to an activating group) is 1. The SMILES string of the molecule is CN(CCO)c1nc(C[NH+]2CCOCC2)nc2sc3c(c12)CCC3. The molecule has 0 spiro atoms. The number of aromatic nitrogens is 2. The molecule has 1 aliphatic carbocycles. The van der Waals surface area contributed by atoms with Crippen LogP contribution in [0.5, 0.6) is 0 Å². The van der Waals surface area contributed by atoms with Crippen LogP contribution >= 0.6 is 11.3 Å². The quantitative estimate of drug-likeness (QED) is 0.797. The number of aliphatic hydroxyl groups excluding tert-OH is 1. The zero-order valence-corrected chi connectivity index (χ0v) is 15.0. The Morgan fingerprint density at radius 3 is 2.88 bits per heavy atom. The van der Waals surface area contributed by atoms with Gasteiger partial charge in [-0.05, 0) is 24.8 Å². The van der Waals surface area contributed by atoms with Gasteiger partial charge < -0.3 is 19.6 Å². The Kier molecular flexibility index (Phi) is 4.67. The third-order valence-corrected chi connectivity index (χ3v) is 6.18. The molecular weight excluding hydrogens is 324 g/mol. The maximum atomic E-state index is 9.34. The normalized spacial score (nSPS) is 18.2. The van der Waals surface area contributed by atoms with E-state index in [-0.39, 0.29) is 6.61 Å². The van der Waals surface area contributed by atoms with Crippen LogP contribution < -0.4 is 9.80 Å². The Labute approximate surface area is 146 Å². The summed E-state index contributed by atoms with van der Waals surface area (Å²) < 4.78 is 5.45. The minimum atomic E-state index is 0.137. The maximum absolute atomic E-state index is 9.34. The number of fused-ring (bicyclic) bond motifs is 3. The molecule has 24 heavy (non-hydrogen) atoms. The van der Waals surface area contributed by atoms with Crippen LogP contribution in [-0.4, -0.2) is 61.6 Å². The van der Waals surface area contributed by atoms with Crippen molar-refractivity contribution in [3.8, 4) is 0 Å². The van der Waals surface area contributed by atoms with Gasteiger partial charge in [-0.1, -0.05) is 0 Å². The number of rotatable bonds is 5. The lowest BCUT2D eigenvalue weighted by Crippen LogP contribution is -3.12. The van der Waals surface area contributed by atoms with E-state index in [0.717, 1.165) is 55.7 Å². The van der Waals surface area contributed by atoms with Crippen LogP contribution in [0.2, 0.25) is 0 Å². The van der Waals surface area contributed by atoms with Crippen LogP contribution in [0.1, 0.15) is 22.7 Å². The van der Waals surface area contributed by atoms with Gasteiger partial charge >= 0.3 is 0 Å². The van der Waals surface area contributed by atoms with Gasteiger partial charge in [0.2, 0.25) is 0 Å². The summed E-state index contributed by atoms with van der Waals surface area (Å²) in [5.74, 6) is 1.91. The molecule has 0 atom stereocenters. The predicted octanol–water partition coefficient (Wildman–Crippen LogP) is 0.0236. The first-order chi connectivity index (χ1) is 11.8. The van der Waals surface area contributed by atoms with E-state index in [4.69, 9.17) is 14.7 Å². The van der Waals surface area contributed by atoms with Crippen LogP contribution in [0.25, 0.3) is 10.2 Å². The maximum Gasteiger partial charge on any atom is 0.187 e. The van der Waals surface area contributed by atoms with Crippen molar-refractivity contribution >= 4 is 27.4 Å². The first-order valence-corrected chi connectivity index (χ1v) is 9.62. The third kappa shape index (κ3) is 3.01. The van der Waals surface area contributed by atoms with Crippen molar-refractivity contribution in [1.29, 1.82) is 0 Å². The molecule has 2 aromatic heterocycles. The highest BCUT2D eigenvalue weighted by Gasteiger charge is 2.25. The summed E-state index contributed by atoms with van der Waals surface area (Å²) >= 11 is 1.84. The number of thiophene rings is 1. The molecule has 0 aromatic carbocycles. The van der Waals surface area contributed by atoms with Gasteiger partial charge in [-0.3, -0.25) is 0 Å². The highest BCUT2D eigenvalue weighted by Crippen LogP contribution is 2.40. The van der Waals surface area contributed by atoms with Gasteiger partial charge in [-0.2, -0.15) is 0 Å². The summed E-state index contributed by atoms with van der Waals surface area (Å²) in [6.45, 7) is 5.26. The topological polar surface area (TPSA) is 62.9 Å². The number of nitrogens with one attached hydrogen (secondary N) is 1. The summed E-state index contributed by atoms with van der Waals surface area (Å²) in [7, 11) is 2.02. The van der Waals surface area contributed by atoms with E-state index in [1.165, 1.54) is 33.6 Å². The number of aryl methyl sites for hydroxylation is 2. The first kappa shape index (κ1) is 16.2. The van der Waals surface area contributed by atoms with Gasteiger partial charge in [-0.25, -0.2) is 9.97 Å². The Morgan fingerprint density at radius 1 is 1.25 bits per heavy atom. The Bertz CT molecular complexity index is 727. The highest BCUT2D eigenvalue weighted by molar-refractivity contribution is 7.19. The lowest BCUT2D eigenvalue weighted by atomic mass is 10.2. The number of nitrogens with zero attached hydrogens (tertiary/aromatic N) is 3. The number of morpholine rings is 1. The van der Waals surface area contributed by atoms with E-state index < -0.39 is 0 Å². The van der Waals surface area contributed by atoms with Gasteiger partial charge in [0.05, 0.1) is 25.2 Å². The zero-order chi connectivity index (χ0) is 16.5. The molecule has 130 valence electrons. The molecule has 2 N–H and O–H groups in total. The van der Waals surface area contributed by atoms with Crippen LogP contribution in [-0.2, 0) is 24.1 Å². The molecule has 0 bridgehead atoms. The fourth-order valence-electron chi connectivity index (χ4n) is 3.69. The fourth-order valence-corrected chi connectivity index (χ4v) is 4.97. The van der Waals surface area contributed by atoms with E-state index in [1.807, 2.05) is 18.4 Å². The van der Waals surface area contributed by atoms with E-state index in [2.05, 4.69) is 4.90 Å². The zero-order valence-electron chi connectivity index (χ0n) is 14.2. The van der Waals surface area contributed by atoms with Crippen LogP contribution in [0, 0.1) is 0 Å². The van der Waals surface area contributed by atoms with Crippen molar-refractivity contribution in [2.75, 3.05) is 51.4 Å². The van der Waals surface area contributed by atoms with Gasteiger partial charge in [0, 0.05) is 18.5 Å². The van der Waals surface area contributed by atoms with Crippen LogP contribution in [0.3, 0.4) is 0 Å². The molecule has 0 radical (unpaired) electrons. The van der Waals surface area contributed by atoms with E-state index in [1.54, 1.807) is 0 Å². The molecular formula is C17H25N4O2S+. The molecule has 0 unspecified atom stereocenters. The molecule has 2 aromatic rings. The summed E-state index contributed by atoms with van der Waals surface area (Å²) in [5.41, 5.74) is 1.44. The average Bonchev–Trinajstić information content (AvgIpc) is 3.16. The molecule has 6 nitrogen and oxygen atoms in total. The third-order valence-electron chi connectivity index (χ3n) is 5.00. The van der Waals surface area contributed by atoms with Crippen LogP contribution in [0.15, 0.2) is 0 Å². The van der Waals surface area contributed by atoms with Gasteiger partial charge in [-0.15, -0.1) is 11.3 Å². The molecule has 7 heteroatoms. The second kappa shape index (κ2) is 6.92. The van der Waals surface area contributed by atoms with Crippen molar-refractivity contribution < 1.29 is 14.7 Å². The number of aliphatic hydroxyl groups is 1. The summed E-state index contributed by atoms with van der Waals surface area (Å²) in [6, 6.07) is 0. The highest BCUT2D eigenvalue weighted by atomic mass is 32.1. The summed E-state index contributed by atoms with van der Waals surface area (Å²) in [6.07, 6.45) is 3.54. The minimum absolute atomic E-state index is 0.137. The molecule has 1 aliphatic heterocycles. The van der Waals surface area contributed by atoms with Crippen molar-refractivity contribution in [2.45, 2.75) is 25.8 Å². The standard InChI is InChI=1S/C17H24N4O2S/c1-20(5-8-22)16-15-12-3-2-4-13(12)24-17(15)19-14(18-16)11-21-6-9-23-10-7-21/h22H,2-11H2,1H3/p+1. The molecule has 1 saturated heterocycles. The number of quaternary nitrogens is 1. The fraction of sp³-hybridized carbons (Fsp3) is 0.647. The number of hydrogen-bond donors (Lipinski definition) is 2. The van der Waals surface area contributed by atoms with Crippen LogP contribution in [0.4, 0.5) is 5.82 Å². The Hall–Kier alpha value is -1.28. The molecule has 0 amide bonds. The lowest BCUT2D eigenvalue weighted by molar-refractivity contribution is -0.922. The second-order valence-electron chi connectivity index (χ2n) is 6.69. The largest absolute Gasteiger partial charge is 0.395 e. The predicted molar refractivity (Wildman–Crippen MR) is 95.0 cm³/mol. The van der Waals surface area contributed by atoms with E-state index in [0.29, 0.717) is 6.54 Å². The van der Waals surface area contributed by atoms with Gasteiger partial charge in [0.25, 0.3) is 0 Å². The lowest BCUT2D eigenvalue weighted by Gasteiger charge is -2.24. The monoisotopic (exact) mass is 349 g/mol. The molecule has 3 heterocycles. The summed E-state index contributed by atoms with van der Waals surface area (Å²) in [4.78, 5) is 16.0. The molecule has 0 saturated carbocycles. The number of anilines is 1. The Balaban J connectivity index is 1.73. The molecule has 2 aliphatic rings. The number of hydrogen-bond acceptors (Lipinski definition) is 6. The van der Waals surface area contributed by atoms with E-state index >= 15 is 0 Å². The van der Waals surface area contributed by atoms with E-state index in [9.17, 15) is 5.11 Å². The first-order valence-electron chi connectivity index (χ1n) is 8.80. The Morgan fingerprint density at radius 2 is 2.08 bits per heavy atom.